The largest absolute Gasteiger partial charge is 0.491 e. The van der Waals surface area contributed by atoms with Crippen molar-refractivity contribution in [2.75, 3.05) is 25.1 Å². The van der Waals surface area contributed by atoms with E-state index in [1.54, 1.807) is 6.92 Å². The van der Waals surface area contributed by atoms with Crippen LogP contribution in [0.3, 0.4) is 0 Å². The van der Waals surface area contributed by atoms with Gasteiger partial charge in [0.25, 0.3) is 0 Å². The van der Waals surface area contributed by atoms with E-state index in [2.05, 4.69) is 23.3 Å². The summed E-state index contributed by atoms with van der Waals surface area (Å²) >= 11 is 0. The van der Waals surface area contributed by atoms with Crippen LogP contribution in [0.1, 0.15) is 39.8 Å². The van der Waals surface area contributed by atoms with Crippen LogP contribution >= 0.6 is 0 Å². The van der Waals surface area contributed by atoms with Crippen LogP contribution in [0.15, 0.2) is 24.3 Å². The van der Waals surface area contributed by atoms with Crippen molar-refractivity contribution in [1.82, 2.24) is 4.98 Å². The summed E-state index contributed by atoms with van der Waals surface area (Å²) in [6.45, 7) is 11.0. The Balaban J connectivity index is 2.03. The number of carbonyl (C=O) groups is 1. The third kappa shape index (κ3) is 4.95. The van der Waals surface area contributed by atoms with Crippen LogP contribution < -0.4 is 10.1 Å². The third-order valence-corrected chi connectivity index (χ3v) is 3.81. The summed E-state index contributed by atoms with van der Waals surface area (Å²) < 4.78 is 11.0. The first-order valence-electron chi connectivity index (χ1n) is 8.51. The number of pyridine rings is 1. The van der Waals surface area contributed by atoms with Gasteiger partial charge in [0, 0.05) is 12.2 Å². The Bertz CT molecular complexity index is 757. The number of aryl methyl sites for hydroxylation is 4. The molecule has 0 aliphatic rings. The van der Waals surface area contributed by atoms with Crippen molar-refractivity contribution in [3.05, 3.63) is 52.3 Å². The molecule has 0 saturated heterocycles. The van der Waals surface area contributed by atoms with Gasteiger partial charge in [-0.3, -0.25) is 4.98 Å². The molecule has 25 heavy (non-hydrogen) atoms. The van der Waals surface area contributed by atoms with Crippen molar-refractivity contribution in [2.24, 2.45) is 0 Å². The molecule has 0 amide bonds. The molecule has 0 radical (unpaired) electrons. The number of aromatic nitrogens is 1. The highest BCUT2D eigenvalue weighted by atomic mass is 16.5. The van der Waals surface area contributed by atoms with Crippen molar-refractivity contribution < 1.29 is 14.3 Å². The van der Waals surface area contributed by atoms with E-state index in [0.29, 0.717) is 31.0 Å². The number of nitrogens with one attached hydrogen (secondary N) is 1. The lowest BCUT2D eigenvalue weighted by atomic mass is 10.1. The summed E-state index contributed by atoms with van der Waals surface area (Å²) in [6.07, 6.45) is 0. The number of nitrogens with zero attached hydrogens (tertiary/aromatic N) is 1. The van der Waals surface area contributed by atoms with Crippen molar-refractivity contribution in [3.8, 4) is 5.75 Å². The molecule has 2 rings (SSSR count). The van der Waals surface area contributed by atoms with Gasteiger partial charge in [0.1, 0.15) is 17.9 Å². The minimum absolute atomic E-state index is 0.335. The predicted molar refractivity (Wildman–Crippen MR) is 99.6 cm³/mol. The molecule has 5 nitrogen and oxygen atoms in total. The zero-order valence-corrected chi connectivity index (χ0v) is 15.6. The third-order valence-electron chi connectivity index (χ3n) is 3.81. The molecule has 0 fully saturated rings. The van der Waals surface area contributed by atoms with Crippen LogP contribution in [0.4, 0.5) is 5.69 Å². The molecule has 0 saturated carbocycles. The zero-order valence-electron chi connectivity index (χ0n) is 15.6. The van der Waals surface area contributed by atoms with Crippen LogP contribution in [0.5, 0.6) is 5.75 Å². The molecule has 5 heteroatoms. The van der Waals surface area contributed by atoms with Gasteiger partial charge in [0.15, 0.2) is 0 Å². The SMILES string of the molecule is CCOC(=O)c1c(NCCOc2ccc(C)cc2C)cc(C)nc1C. The summed E-state index contributed by atoms with van der Waals surface area (Å²) in [5.41, 5.74) is 5.05. The van der Waals surface area contributed by atoms with Gasteiger partial charge in [-0.15, -0.1) is 0 Å². The lowest BCUT2D eigenvalue weighted by Crippen LogP contribution is -2.17. The molecule has 0 atom stereocenters. The second kappa shape index (κ2) is 8.51. The van der Waals surface area contributed by atoms with Gasteiger partial charge in [0.05, 0.1) is 18.0 Å². The molecule has 1 heterocycles. The van der Waals surface area contributed by atoms with E-state index in [0.717, 1.165) is 22.7 Å². The van der Waals surface area contributed by atoms with Gasteiger partial charge in [-0.1, -0.05) is 17.7 Å². The Morgan fingerprint density at radius 1 is 1.16 bits per heavy atom. The number of benzene rings is 1. The van der Waals surface area contributed by atoms with Crippen molar-refractivity contribution in [3.63, 3.8) is 0 Å². The fraction of sp³-hybridized carbons (Fsp3) is 0.400. The Hall–Kier alpha value is -2.56. The normalized spacial score (nSPS) is 10.4. The minimum atomic E-state index is -0.356. The monoisotopic (exact) mass is 342 g/mol. The smallest absolute Gasteiger partial charge is 0.342 e. The lowest BCUT2D eigenvalue weighted by Gasteiger charge is -2.15. The van der Waals surface area contributed by atoms with Crippen LogP contribution in [0, 0.1) is 27.7 Å². The van der Waals surface area contributed by atoms with E-state index in [4.69, 9.17) is 9.47 Å². The molecule has 1 aromatic carbocycles. The van der Waals surface area contributed by atoms with E-state index >= 15 is 0 Å². The number of carbonyl (C=O) groups excluding carboxylic acids is 1. The number of anilines is 1. The van der Waals surface area contributed by atoms with Crippen molar-refractivity contribution in [1.29, 1.82) is 0 Å². The summed E-state index contributed by atoms with van der Waals surface area (Å²) in [5.74, 6) is 0.519. The molecule has 0 bridgehead atoms. The van der Waals surface area contributed by atoms with Crippen LogP contribution in [-0.4, -0.2) is 30.7 Å². The Morgan fingerprint density at radius 3 is 2.60 bits per heavy atom. The molecule has 1 aromatic heterocycles. The summed E-state index contributed by atoms with van der Waals surface area (Å²) in [6, 6.07) is 7.97. The van der Waals surface area contributed by atoms with Gasteiger partial charge in [-0.2, -0.15) is 0 Å². The minimum Gasteiger partial charge on any atom is -0.491 e. The average molecular weight is 342 g/mol. The van der Waals surface area contributed by atoms with Gasteiger partial charge in [-0.05, 0) is 52.3 Å². The Morgan fingerprint density at radius 2 is 1.92 bits per heavy atom. The molecular formula is C20H26N2O3. The first-order chi connectivity index (χ1) is 11.9. The van der Waals surface area contributed by atoms with E-state index < -0.39 is 0 Å². The number of ether oxygens (including phenoxy) is 2. The first kappa shape index (κ1) is 18.8. The second-order valence-corrected chi connectivity index (χ2v) is 6.04. The standard InChI is InChI=1S/C20H26N2O3/c1-6-24-20(23)19-16(5)22-15(4)12-17(19)21-9-10-25-18-8-7-13(2)11-14(18)3/h7-8,11-12H,6,9-10H2,1-5H3,(H,21,22). The maximum absolute atomic E-state index is 12.2. The molecule has 1 N–H and O–H groups in total. The molecular weight excluding hydrogens is 316 g/mol. The summed E-state index contributed by atoms with van der Waals surface area (Å²) in [4.78, 5) is 16.6. The first-order valence-corrected chi connectivity index (χ1v) is 8.51. The topological polar surface area (TPSA) is 60.5 Å². The summed E-state index contributed by atoms with van der Waals surface area (Å²) in [7, 11) is 0. The van der Waals surface area contributed by atoms with E-state index in [-0.39, 0.29) is 5.97 Å². The molecule has 134 valence electrons. The molecule has 0 unspecified atom stereocenters. The van der Waals surface area contributed by atoms with E-state index in [9.17, 15) is 4.79 Å². The summed E-state index contributed by atoms with van der Waals surface area (Å²) in [5, 5.41) is 3.27. The second-order valence-electron chi connectivity index (χ2n) is 6.04. The maximum atomic E-state index is 12.2. The fourth-order valence-electron chi connectivity index (χ4n) is 2.74. The maximum Gasteiger partial charge on any atom is 0.342 e. The average Bonchev–Trinajstić information content (AvgIpc) is 2.52. The van der Waals surface area contributed by atoms with Gasteiger partial charge < -0.3 is 14.8 Å². The highest BCUT2D eigenvalue weighted by molar-refractivity contribution is 5.96. The lowest BCUT2D eigenvalue weighted by molar-refractivity contribution is 0.0526. The highest BCUT2D eigenvalue weighted by Crippen LogP contribution is 2.21. The number of esters is 1. The quantitative estimate of drug-likeness (QED) is 0.609. The Kier molecular flexibility index (Phi) is 6.39. The van der Waals surface area contributed by atoms with Crippen molar-refractivity contribution >= 4 is 11.7 Å². The predicted octanol–water partition coefficient (Wildman–Crippen LogP) is 3.98. The number of rotatable bonds is 7. The highest BCUT2D eigenvalue weighted by Gasteiger charge is 2.17. The number of hydrogen-bond donors (Lipinski definition) is 1. The van der Waals surface area contributed by atoms with Crippen LogP contribution in [0.25, 0.3) is 0 Å². The number of hydrogen-bond acceptors (Lipinski definition) is 5. The van der Waals surface area contributed by atoms with E-state index in [1.165, 1.54) is 5.56 Å². The zero-order chi connectivity index (χ0) is 18.4. The van der Waals surface area contributed by atoms with Gasteiger partial charge >= 0.3 is 5.97 Å². The molecule has 2 aromatic rings. The van der Waals surface area contributed by atoms with Crippen molar-refractivity contribution in [2.45, 2.75) is 34.6 Å². The van der Waals surface area contributed by atoms with Crippen LogP contribution in [0.2, 0.25) is 0 Å². The van der Waals surface area contributed by atoms with Crippen LogP contribution in [-0.2, 0) is 4.74 Å². The van der Waals surface area contributed by atoms with E-state index in [1.807, 2.05) is 39.0 Å². The molecule has 0 aliphatic carbocycles. The molecule has 0 spiro atoms. The molecule has 0 aliphatic heterocycles. The van der Waals surface area contributed by atoms with Gasteiger partial charge in [-0.25, -0.2) is 4.79 Å². The van der Waals surface area contributed by atoms with Gasteiger partial charge in [0.2, 0.25) is 0 Å². The Labute approximate surface area is 149 Å². The fourth-order valence-corrected chi connectivity index (χ4v) is 2.74.